The van der Waals surface area contributed by atoms with Gasteiger partial charge in [-0.3, -0.25) is 14.8 Å². The molecule has 2 aliphatic heterocycles. The van der Waals surface area contributed by atoms with Gasteiger partial charge in [0, 0.05) is 64.5 Å². The molecule has 1 unspecified atom stereocenters. The van der Waals surface area contributed by atoms with Gasteiger partial charge in [-0.2, -0.15) is 0 Å². The van der Waals surface area contributed by atoms with Crippen LogP contribution in [0.2, 0.25) is 0 Å². The maximum atomic E-state index is 5.59. The molecule has 0 aromatic carbocycles. The van der Waals surface area contributed by atoms with Crippen molar-refractivity contribution < 1.29 is 9.26 Å². The summed E-state index contributed by atoms with van der Waals surface area (Å²) < 4.78 is 10.6. The fraction of sp³-hybridized carbons (Fsp3) is 0.818. The molecule has 30 heavy (non-hydrogen) atoms. The van der Waals surface area contributed by atoms with Crippen LogP contribution in [0.1, 0.15) is 39.3 Å². The Morgan fingerprint density at radius 3 is 2.43 bits per heavy atom. The van der Waals surface area contributed by atoms with Crippen LogP contribution in [-0.4, -0.2) is 97.4 Å². The first kappa shape index (κ1) is 23.0. The summed E-state index contributed by atoms with van der Waals surface area (Å²) in [6, 6.07) is 2.44. The Hall–Kier alpha value is -1.64. The standard InChI is InChI=1S/C22H40N6O2/c1-4-19(5-2)21(27-12-15-29-16-13-27)17-24-22(23-6-3)28-10-8-26(9-11-28)18-20-7-14-30-25-20/h7,14,19,21H,4-6,8-13,15-18H2,1-3H3,(H,23,24). The van der Waals surface area contributed by atoms with E-state index in [9.17, 15) is 0 Å². The van der Waals surface area contributed by atoms with Crippen molar-refractivity contribution in [1.82, 2.24) is 25.2 Å². The second kappa shape index (κ2) is 12.3. The Bertz CT molecular complexity index is 605. The molecule has 1 aromatic heterocycles. The molecule has 8 heteroatoms. The van der Waals surface area contributed by atoms with Gasteiger partial charge >= 0.3 is 0 Å². The summed E-state index contributed by atoms with van der Waals surface area (Å²) >= 11 is 0. The summed E-state index contributed by atoms with van der Waals surface area (Å²) in [7, 11) is 0. The van der Waals surface area contributed by atoms with Crippen molar-refractivity contribution in [3.05, 3.63) is 18.0 Å². The van der Waals surface area contributed by atoms with Crippen molar-refractivity contribution >= 4 is 5.96 Å². The van der Waals surface area contributed by atoms with Gasteiger partial charge in [0.15, 0.2) is 5.96 Å². The summed E-state index contributed by atoms with van der Waals surface area (Å²) in [6.45, 7) is 17.1. The van der Waals surface area contributed by atoms with Gasteiger partial charge in [-0.1, -0.05) is 31.8 Å². The minimum Gasteiger partial charge on any atom is -0.379 e. The van der Waals surface area contributed by atoms with Crippen LogP contribution < -0.4 is 5.32 Å². The number of ether oxygens (including phenoxy) is 1. The lowest BCUT2D eigenvalue weighted by Gasteiger charge is -2.39. The maximum Gasteiger partial charge on any atom is 0.194 e. The molecule has 2 fully saturated rings. The van der Waals surface area contributed by atoms with E-state index in [4.69, 9.17) is 14.3 Å². The molecule has 1 N–H and O–H groups in total. The normalized spacial score (nSPS) is 20.7. The average molecular weight is 421 g/mol. The molecule has 8 nitrogen and oxygen atoms in total. The minimum atomic E-state index is 0.492. The van der Waals surface area contributed by atoms with Crippen molar-refractivity contribution in [3.63, 3.8) is 0 Å². The number of hydrogen-bond donors (Lipinski definition) is 1. The molecule has 3 rings (SSSR count). The van der Waals surface area contributed by atoms with E-state index in [0.717, 1.165) is 83.8 Å². The Morgan fingerprint density at radius 1 is 1.10 bits per heavy atom. The van der Waals surface area contributed by atoms with Crippen LogP contribution in [-0.2, 0) is 11.3 Å². The summed E-state index contributed by atoms with van der Waals surface area (Å²) in [5, 5.41) is 7.57. The first-order valence-electron chi connectivity index (χ1n) is 11.7. The zero-order valence-electron chi connectivity index (χ0n) is 19.1. The molecular formula is C22H40N6O2. The number of morpholine rings is 1. The van der Waals surface area contributed by atoms with E-state index in [1.54, 1.807) is 6.26 Å². The summed E-state index contributed by atoms with van der Waals surface area (Å²) in [4.78, 5) is 12.6. The molecule has 0 aliphatic carbocycles. The topological polar surface area (TPSA) is 69.4 Å². The number of aromatic nitrogens is 1. The number of nitrogens with one attached hydrogen (secondary N) is 1. The molecule has 0 spiro atoms. The smallest absolute Gasteiger partial charge is 0.194 e. The summed E-state index contributed by atoms with van der Waals surface area (Å²) in [5.41, 5.74) is 1.00. The SMILES string of the molecule is CCNC(=NCC(C(CC)CC)N1CCOCC1)N1CCN(Cc2ccon2)CC1. The predicted molar refractivity (Wildman–Crippen MR) is 120 cm³/mol. The molecule has 1 atom stereocenters. The van der Waals surface area contributed by atoms with Crippen molar-refractivity contribution in [2.45, 2.75) is 46.2 Å². The lowest BCUT2D eigenvalue weighted by molar-refractivity contribution is 0.00388. The summed E-state index contributed by atoms with van der Waals surface area (Å²) in [6.07, 6.45) is 4.04. The monoisotopic (exact) mass is 420 g/mol. The highest BCUT2D eigenvalue weighted by molar-refractivity contribution is 5.80. The molecule has 3 heterocycles. The van der Waals surface area contributed by atoms with Crippen LogP contribution in [0.3, 0.4) is 0 Å². The van der Waals surface area contributed by atoms with Gasteiger partial charge in [0.2, 0.25) is 0 Å². The molecule has 2 saturated heterocycles. The zero-order chi connectivity index (χ0) is 21.2. The van der Waals surface area contributed by atoms with E-state index in [1.165, 1.54) is 12.8 Å². The van der Waals surface area contributed by atoms with Gasteiger partial charge in [0.1, 0.15) is 6.26 Å². The molecular weight excluding hydrogens is 380 g/mol. The average Bonchev–Trinajstić information content (AvgIpc) is 3.30. The highest BCUT2D eigenvalue weighted by Crippen LogP contribution is 2.20. The molecule has 0 amide bonds. The lowest BCUT2D eigenvalue weighted by atomic mass is 9.92. The number of piperazine rings is 1. The highest BCUT2D eigenvalue weighted by Gasteiger charge is 2.27. The number of hydrogen-bond acceptors (Lipinski definition) is 6. The molecule has 1 aromatic rings. The number of aliphatic imine (C=N–C) groups is 1. The van der Waals surface area contributed by atoms with Crippen molar-refractivity contribution in [2.75, 3.05) is 65.6 Å². The fourth-order valence-electron chi connectivity index (χ4n) is 4.58. The van der Waals surface area contributed by atoms with E-state index >= 15 is 0 Å². The van der Waals surface area contributed by atoms with E-state index in [2.05, 4.69) is 45.9 Å². The van der Waals surface area contributed by atoms with Gasteiger partial charge in [0.05, 0.1) is 25.5 Å². The van der Waals surface area contributed by atoms with Crippen molar-refractivity contribution in [1.29, 1.82) is 0 Å². The molecule has 0 bridgehead atoms. The molecule has 170 valence electrons. The second-order valence-corrected chi connectivity index (χ2v) is 8.24. The lowest BCUT2D eigenvalue weighted by Crippen LogP contribution is -2.53. The van der Waals surface area contributed by atoms with E-state index in [-0.39, 0.29) is 0 Å². The predicted octanol–water partition coefficient (Wildman–Crippen LogP) is 1.89. The number of nitrogens with zero attached hydrogens (tertiary/aromatic N) is 5. The number of guanidine groups is 1. The van der Waals surface area contributed by atoms with Gasteiger partial charge in [-0.05, 0) is 12.8 Å². The van der Waals surface area contributed by atoms with Gasteiger partial charge in [-0.25, -0.2) is 0 Å². The summed E-state index contributed by atoms with van der Waals surface area (Å²) in [5.74, 6) is 1.73. The third-order valence-corrected chi connectivity index (χ3v) is 6.42. The van der Waals surface area contributed by atoms with Crippen LogP contribution in [0.25, 0.3) is 0 Å². The Balaban J connectivity index is 1.60. The fourth-order valence-corrected chi connectivity index (χ4v) is 4.58. The van der Waals surface area contributed by atoms with E-state index < -0.39 is 0 Å². The van der Waals surface area contributed by atoms with Crippen LogP contribution in [0.4, 0.5) is 0 Å². The van der Waals surface area contributed by atoms with Gasteiger partial charge < -0.3 is 19.5 Å². The molecule has 0 saturated carbocycles. The Kier molecular flexibility index (Phi) is 9.42. The largest absolute Gasteiger partial charge is 0.379 e. The maximum absolute atomic E-state index is 5.59. The Morgan fingerprint density at radius 2 is 1.83 bits per heavy atom. The second-order valence-electron chi connectivity index (χ2n) is 8.24. The van der Waals surface area contributed by atoms with E-state index in [0.29, 0.717) is 12.0 Å². The van der Waals surface area contributed by atoms with Crippen molar-refractivity contribution in [2.24, 2.45) is 10.9 Å². The first-order chi connectivity index (χ1) is 14.7. The minimum absolute atomic E-state index is 0.492. The van der Waals surface area contributed by atoms with Crippen LogP contribution in [0, 0.1) is 5.92 Å². The van der Waals surface area contributed by atoms with Crippen LogP contribution in [0.5, 0.6) is 0 Å². The highest BCUT2D eigenvalue weighted by atomic mass is 16.5. The first-order valence-corrected chi connectivity index (χ1v) is 11.7. The molecule has 0 radical (unpaired) electrons. The zero-order valence-corrected chi connectivity index (χ0v) is 19.1. The van der Waals surface area contributed by atoms with Gasteiger partial charge in [-0.15, -0.1) is 0 Å². The van der Waals surface area contributed by atoms with Gasteiger partial charge in [0.25, 0.3) is 0 Å². The Labute approximate surface area is 181 Å². The quantitative estimate of drug-likeness (QED) is 0.483. The third-order valence-electron chi connectivity index (χ3n) is 6.42. The molecule has 2 aliphatic rings. The van der Waals surface area contributed by atoms with Crippen LogP contribution in [0.15, 0.2) is 21.8 Å². The van der Waals surface area contributed by atoms with Crippen LogP contribution >= 0.6 is 0 Å². The van der Waals surface area contributed by atoms with E-state index in [1.807, 2.05) is 6.07 Å². The number of rotatable bonds is 9. The third kappa shape index (κ3) is 6.43. The van der Waals surface area contributed by atoms with Crippen molar-refractivity contribution in [3.8, 4) is 0 Å².